The van der Waals surface area contributed by atoms with Gasteiger partial charge in [0.2, 0.25) is 0 Å². The number of alkyl halides is 3. The van der Waals surface area contributed by atoms with Gasteiger partial charge in [0.25, 0.3) is 5.56 Å². The third kappa shape index (κ3) is 2.98. The number of aromatic nitrogens is 1. The van der Waals surface area contributed by atoms with Crippen molar-refractivity contribution in [2.75, 3.05) is 0 Å². The third-order valence-corrected chi connectivity index (χ3v) is 1.36. The number of ether oxygens (including phenoxy) is 1. The van der Waals surface area contributed by atoms with E-state index in [9.17, 15) is 18.0 Å². The lowest BCUT2D eigenvalue weighted by atomic mass is 10.4. The van der Waals surface area contributed by atoms with Crippen LogP contribution < -0.4 is 10.3 Å². The van der Waals surface area contributed by atoms with Gasteiger partial charge in [-0.3, -0.25) is 4.79 Å². The first-order valence-corrected chi connectivity index (χ1v) is 3.40. The minimum Gasteiger partial charge on any atom is -0.404 e. The molecule has 0 fully saturated rings. The molecule has 1 rings (SSSR count). The van der Waals surface area contributed by atoms with E-state index in [1.54, 1.807) is 0 Å². The fraction of sp³-hybridized carbons (Fsp3) is 0.167. The van der Waals surface area contributed by atoms with Crippen molar-refractivity contribution < 1.29 is 17.9 Å². The van der Waals surface area contributed by atoms with E-state index in [0.29, 0.717) is 6.07 Å². The number of pyridine rings is 1. The smallest absolute Gasteiger partial charge is 0.404 e. The molecule has 3 nitrogen and oxygen atoms in total. The lowest BCUT2D eigenvalue weighted by Gasteiger charge is -2.08. The van der Waals surface area contributed by atoms with Crippen LogP contribution in [-0.4, -0.2) is 11.3 Å². The van der Waals surface area contributed by atoms with Gasteiger partial charge in [0, 0.05) is 12.3 Å². The molecule has 0 aliphatic carbocycles. The Morgan fingerprint density at radius 2 is 2.08 bits per heavy atom. The van der Waals surface area contributed by atoms with E-state index in [1.165, 1.54) is 0 Å². The second-order valence-corrected chi connectivity index (χ2v) is 2.46. The quantitative estimate of drug-likeness (QED) is 0.775. The van der Waals surface area contributed by atoms with Crippen LogP contribution in [0.25, 0.3) is 0 Å². The number of H-pyrrole nitrogens is 1. The minimum absolute atomic E-state index is 0.308. The summed E-state index contributed by atoms with van der Waals surface area (Å²) in [7, 11) is 0. The largest absolute Gasteiger partial charge is 0.573 e. The van der Waals surface area contributed by atoms with Crippen LogP contribution in [-0.2, 0) is 0 Å². The monoisotopic (exact) mass is 213 g/mol. The molecule has 72 valence electrons. The van der Waals surface area contributed by atoms with Crippen molar-refractivity contribution >= 4 is 11.6 Å². The molecule has 13 heavy (non-hydrogen) atoms. The first kappa shape index (κ1) is 9.91. The third-order valence-electron chi connectivity index (χ3n) is 1.06. The summed E-state index contributed by atoms with van der Waals surface area (Å²) in [4.78, 5) is 12.7. The zero-order valence-electron chi connectivity index (χ0n) is 5.98. The van der Waals surface area contributed by atoms with Gasteiger partial charge in [-0.2, -0.15) is 0 Å². The van der Waals surface area contributed by atoms with Crippen LogP contribution in [0.1, 0.15) is 0 Å². The molecule has 0 atom stereocenters. The van der Waals surface area contributed by atoms with Crippen LogP contribution in [0.15, 0.2) is 17.1 Å². The van der Waals surface area contributed by atoms with E-state index in [0.717, 1.165) is 6.20 Å². The topological polar surface area (TPSA) is 42.1 Å². The van der Waals surface area contributed by atoms with Crippen molar-refractivity contribution in [1.82, 2.24) is 4.98 Å². The fourth-order valence-corrected chi connectivity index (χ4v) is 0.786. The Labute approximate surface area is 75.1 Å². The molecule has 0 unspecified atom stereocenters. The van der Waals surface area contributed by atoms with Gasteiger partial charge in [-0.25, -0.2) is 0 Å². The molecular weight excluding hydrogens is 211 g/mol. The van der Waals surface area contributed by atoms with Crippen molar-refractivity contribution in [3.05, 3.63) is 27.6 Å². The first-order valence-electron chi connectivity index (χ1n) is 3.02. The molecule has 0 aromatic carbocycles. The van der Waals surface area contributed by atoms with Crippen molar-refractivity contribution in [3.63, 3.8) is 0 Å². The first-order chi connectivity index (χ1) is 5.88. The second-order valence-electron chi connectivity index (χ2n) is 2.06. The van der Waals surface area contributed by atoms with E-state index in [4.69, 9.17) is 11.6 Å². The Kier molecular flexibility index (Phi) is 2.51. The van der Waals surface area contributed by atoms with E-state index in [1.807, 2.05) is 0 Å². The van der Waals surface area contributed by atoms with Crippen LogP contribution >= 0.6 is 11.6 Å². The lowest BCUT2D eigenvalue weighted by Crippen LogP contribution is -2.18. The number of aromatic amines is 1. The van der Waals surface area contributed by atoms with Crippen LogP contribution in [0.3, 0.4) is 0 Å². The lowest BCUT2D eigenvalue weighted by molar-refractivity contribution is -0.274. The number of hydrogen-bond donors (Lipinski definition) is 1. The Morgan fingerprint density at radius 1 is 1.46 bits per heavy atom. The summed E-state index contributed by atoms with van der Waals surface area (Å²) >= 11 is 5.31. The van der Waals surface area contributed by atoms with Gasteiger partial charge in [-0.15, -0.1) is 13.2 Å². The molecule has 0 amide bonds. The molecule has 0 saturated carbocycles. The maximum atomic E-state index is 11.7. The summed E-state index contributed by atoms with van der Waals surface area (Å²) < 4.78 is 38.4. The standard InChI is InChI=1S/C6H3ClF3NO2/c7-3-2-11-5(12)1-4(3)13-6(8,9)10/h1-2H,(H,11,12). The summed E-state index contributed by atoms with van der Waals surface area (Å²) in [5, 5.41) is -0.308. The number of nitrogens with one attached hydrogen (secondary N) is 1. The molecule has 0 saturated heterocycles. The molecular formula is C6H3ClF3NO2. The highest BCUT2D eigenvalue weighted by molar-refractivity contribution is 6.31. The zero-order valence-corrected chi connectivity index (χ0v) is 6.74. The van der Waals surface area contributed by atoms with Gasteiger partial charge >= 0.3 is 6.36 Å². The van der Waals surface area contributed by atoms with E-state index in [2.05, 4.69) is 9.72 Å². The highest BCUT2D eigenvalue weighted by Gasteiger charge is 2.32. The van der Waals surface area contributed by atoms with Crippen LogP contribution in [0.4, 0.5) is 13.2 Å². The predicted molar refractivity (Wildman–Crippen MR) is 38.8 cm³/mol. The maximum Gasteiger partial charge on any atom is 0.573 e. The average Bonchev–Trinajstić information content (AvgIpc) is 1.94. The Hall–Kier alpha value is -1.17. The van der Waals surface area contributed by atoms with Crippen LogP contribution in [0.2, 0.25) is 5.02 Å². The molecule has 0 bridgehead atoms. The van der Waals surface area contributed by atoms with Crippen LogP contribution in [0.5, 0.6) is 5.75 Å². The van der Waals surface area contributed by atoms with E-state index in [-0.39, 0.29) is 5.02 Å². The molecule has 1 N–H and O–H groups in total. The average molecular weight is 214 g/mol. The number of hydrogen-bond acceptors (Lipinski definition) is 2. The zero-order chi connectivity index (χ0) is 10.1. The number of halogens is 4. The Morgan fingerprint density at radius 3 is 2.62 bits per heavy atom. The summed E-state index contributed by atoms with van der Waals surface area (Å²) in [5.74, 6) is -0.710. The van der Waals surface area contributed by atoms with Crippen LogP contribution in [0, 0.1) is 0 Å². The molecule has 0 aliphatic heterocycles. The van der Waals surface area contributed by atoms with Crippen molar-refractivity contribution in [2.45, 2.75) is 6.36 Å². The highest BCUT2D eigenvalue weighted by atomic mass is 35.5. The fourth-order valence-electron chi connectivity index (χ4n) is 0.638. The van der Waals surface area contributed by atoms with Crippen molar-refractivity contribution in [2.24, 2.45) is 0 Å². The SMILES string of the molecule is O=c1cc(OC(F)(F)F)c(Cl)c[nH]1. The molecule has 7 heteroatoms. The van der Waals surface area contributed by atoms with Gasteiger partial charge in [0.15, 0.2) is 5.75 Å². The van der Waals surface area contributed by atoms with E-state index >= 15 is 0 Å². The summed E-state index contributed by atoms with van der Waals surface area (Å²) in [6, 6.07) is 0.621. The Bertz CT molecular complexity index is 360. The highest BCUT2D eigenvalue weighted by Crippen LogP contribution is 2.27. The minimum atomic E-state index is -4.85. The molecule has 1 aromatic heterocycles. The van der Waals surface area contributed by atoms with Gasteiger partial charge in [0.1, 0.15) is 0 Å². The van der Waals surface area contributed by atoms with E-state index < -0.39 is 17.7 Å². The molecule has 0 spiro atoms. The van der Waals surface area contributed by atoms with Gasteiger partial charge < -0.3 is 9.72 Å². The van der Waals surface area contributed by atoms with Gasteiger partial charge in [-0.1, -0.05) is 11.6 Å². The maximum absolute atomic E-state index is 11.7. The van der Waals surface area contributed by atoms with Crippen molar-refractivity contribution in [3.8, 4) is 5.75 Å². The van der Waals surface area contributed by atoms with Gasteiger partial charge in [-0.05, 0) is 0 Å². The summed E-state index contributed by atoms with van der Waals surface area (Å²) in [6.45, 7) is 0. The molecule has 0 aliphatic rings. The Balaban J connectivity index is 3.01. The van der Waals surface area contributed by atoms with Crippen molar-refractivity contribution in [1.29, 1.82) is 0 Å². The normalized spacial score (nSPS) is 11.4. The molecule has 0 radical (unpaired) electrons. The predicted octanol–water partition coefficient (Wildman–Crippen LogP) is 1.93. The number of rotatable bonds is 1. The molecule has 1 heterocycles. The molecule has 1 aromatic rings. The second kappa shape index (κ2) is 3.29. The summed E-state index contributed by atoms with van der Waals surface area (Å²) in [5.41, 5.74) is -0.719. The summed E-state index contributed by atoms with van der Waals surface area (Å²) in [6.07, 6.45) is -3.93. The van der Waals surface area contributed by atoms with Gasteiger partial charge in [0.05, 0.1) is 5.02 Å².